The van der Waals surface area contributed by atoms with E-state index in [4.69, 9.17) is 9.84 Å². The van der Waals surface area contributed by atoms with E-state index in [0.29, 0.717) is 0 Å². The molecule has 1 fully saturated rings. The van der Waals surface area contributed by atoms with E-state index in [9.17, 15) is 4.79 Å². The van der Waals surface area contributed by atoms with Gasteiger partial charge in [0.25, 0.3) is 0 Å². The number of pyridine rings is 1. The summed E-state index contributed by atoms with van der Waals surface area (Å²) < 4.78 is 6.84. The van der Waals surface area contributed by atoms with E-state index in [-0.39, 0.29) is 11.9 Å². The number of aromatic nitrogens is 4. The second-order valence-corrected chi connectivity index (χ2v) is 8.41. The zero-order valence-corrected chi connectivity index (χ0v) is 16.6. The average molecular weight is 385 g/mol. The van der Waals surface area contributed by atoms with Crippen molar-refractivity contribution in [2.24, 2.45) is 11.3 Å². The van der Waals surface area contributed by atoms with Crippen LogP contribution in [0, 0.1) is 11.3 Å². The van der Waals surface area contributed by atoms with Gasteiger partial charge in [-0.3, -0.25) is 9.78 Å². The van der Waals surface area contributed by atoms with Crippen LogP contribution in [-0.4, -0.2) is 45.8 Å². The van der Waals surface area contributed by atoms with Crippen LogP contribution in [0.4, 0.5) is 5.13 Å². The van der Waals surface area contributed by atoms with Crippen LogP contribution in [0.3, 0.4) is 0 Å². The highest BCUT2D eigenvalue weighted by molar-refractivity contribution is 7.20. The molecule has 1 aliphatic rings. The summed E-state index contributed by atoms with van der Waals surface area (Å²) in [5.41, 5.74) is 1.35. The molecule has 1 saturated heterocycles. The fourth-order valence-electron chi connectivity index (χ4n) is 3.64. The van der Waals surface area contributed by atoms with Crippen LogP contribution in [0.5, 0.6) is 0 Å². The minimum atomic E-state index is -0.502. The number of hydrogen-bond donors (Lipinski definition) is 0. The summed E-state index contributed by atoms with van der Waals surface area (Å²) in [7, 11) is 1.46. The van der Waals surface area contributed by atoms with Gasteiger partial charge in [0.05, 0.1) is 24.4 Å². The number of methoxy groups -OCH3 is 1. The Morgan fingerprint density at radius 2 is 2.26 bits per heavy atom. The van der Waals surface area contributed by atoms with Crippen LogP contribution < -0.4 is 4.90 Å². The molecule has 1 atom stereocenters. The third-order valence-corrected chi connectivity index (χ3v) is 6.40. The highest BCUT2D eigenvalue weighted by Gasteiger charge is 2.40. The van der Waals surface area contributed by atoms with Gasteiger partial charge in [0.15, 0.2) is 0 Å². The second-order valence-electron chi connectivity index (χ2n) is 7.48. The summed E-state index contributed by atoms with van der Waals surface area (Å²) in [6.45, 7) is 5.69. The minimum Gasteiger partial charge on any atom is -0.469 e. The molecule has 3 aromatic heterocycles. The van der Waals surface area contributed by atoms with Gasteiger partial charge in [-0.1, -0.05) is 11.3 Å². The van der Waals surface area contributed by atoms with Crippen molar-refractivity contribution < 1.29 is 9.53 Å². The molecule has 7 nitrogen and oxygen atoms in total. The molecule has 0 saturated carbocycles. The number of ether oxygens (including phenoxy) is 1. The lowest BCUT2D eigenvalue weighted by Gasteiger charge is -2.39. The molecule has 0 radical (unpaired) electrons. The summed E-state index contributed by atoms with van der Waals surface area (Å²) in [5, 5.41) is 5.67. The van der Waals surface area contributed by atoms with E-state index in [1.54, 1.807) is 23.7 Å². The molecular formula is C19H23N5O2S. The maximum atomic E-state index is 12.2. The monoisotopic (exact) mass is 385 g/mol. The Hall–Kier alpha value is -2.48. The molecule has 8 heteroatoms. The Labute approximate surface area is 162 Å². The zero-order chi connectivity index (χ0) is 19.0. The van der Waals surface area contributed by atoms with Crippen molar-refractivity contribution in [3.63, 3.8) is 0 Å². The van der Waals surface area contributed by atoms with Crippen LogP contribution in [0.1, 0.15) is 26.7 Å². The van der Waals surface area contributed by atoms with Crippen molar-refractivity contribution in [2.45, 2.75) is 26.7 Å². The van der Waals surface area contributed by atoms with E-state index in [2.05, 4.69) is 14.9 Å². The van der Waals surface area contributed by atoms with Crippen molar-refractivity contribution >= 4 is 27.4 Å². The van der Waals surface area contributed by atoms with Gasteiger partial charge in [0.2, 0.25) is 10.1 Å². The smallest absolute Gasteiger partial charge is 0.311 e. The Morgan fingerprint density at radius 1 is 1.41 bits per heavy atom. The highest BCUT2D eigenvalue weighted by atomic mass is 32.1. The number of nitrogens with zero attached hydrogens (tertiary/aromatic N) is 5. The van der Waals surface area contributed by atoms with Crippen LogP contribution in [0.25, 0.3) is 16.2 Å². The molecule has 1 unspecified atom stereocenters. The maximum absolute atomic E-state index is 12.2. The Balaban J connectivity index is 1.55. The molecular weight excluding hydrogens is 362 g/mol. The number of piperidine rings is 1. The van der Waals surface area contributed by atoms with Crippen molar-refractivity contribution in [2.75, 3.05) is 25.1 Å². The number of fused-ring (bicyclic) bond motifs is 1. The SMILES string of the molecule is COC(=O)C(C)(C)C1CCCN(c2nn3cc(-c4cccnc4)nc3s2)C1. The van der Waals surface area contributed by atoms with Crippen molar-refractivity contribution in [1.82, 2.24) is 19.6 Å². The van der Waals surface area contributed by atoms with Gasteiger partial charge >= 0.3 is 5.97 Å². The first-order valence-electron chi connectivity index (χ1n) is 9.09. The van der Waals surface area contributed by atoms with Gasteiger partial charge in [-0.2, -0.15) is 0 Å². The lowest BCUT2D eigenvalue weighted by molar-refractivity contribution is -0.154. The van der Waals surface area contributed by atoms with E-state index < -0.39 is 5.41 Å². The first kappa shape index (κ1) is 17.9. The fraction of sp³-hybridized carbons (Fsp3) is 0.474. The quantitative estimate of drug-likeness (QED) is 0.642. The predicted molar refractivity (Wildman–Crippen MR) is 105 cm³/mol. The first-order valence-corrected chi connectivity index (χ1v) is 9.90. The van der Waals surface area contributed by atoms with E-state index in [0.717, 1.165) is 47.3 Å². The fourth-order valence-corrected chi connectivity index (χ4v) is 4.56. The molecule has 1 aliphatic heterocycles. The molecule has 0 N–H and O–H groups in total. The minimum absolute atomic E-state index is 0.149. The van der Waals surface area contributed by atoms with Crippen molar-refractivity contribution in [3.8, 4) is 11.3 Å². The number of carbonyl (C=O) groups excluding carboxylic acids is 1. The van der Waals surface area contributed by atoms with Gasteiger partial charge in [-0.25, -0.2) is 9.50 Å². The van der Waals surface area contributed by atoms with Crippen LogP contribution in [-0.2, 0) is 9.53 Å². The van der Waals surface area contributed by atoms with Crippen LogP contribution in [0.15, 0.2) is 30.7 Å². The summed E-state index contributed by atoms with van der Waals surface area (Å²) >= 11 is 1.58. The highest BCUT2D eigenvalue weighted by Crippen LogP contribution is 2.37. The average Bonchev–Trinajstić information content (AvgIpc) is 3.27. The normalized spacial score (nSPS) is 18.0. The predicted octanol–water partition coefficient (Wildman–Crippen LogP) is 3.27. The van der Waals surface area contributed by atoms with E-state index in [1.807, 2.05) is 36.7 Å². The number of esters is 1. The van der Waals surface area contributed by atoms with Crippen molar-refractivity contribution in [1.29, 1.82) is 0 Å². The molecule has 0 bridgehead atoms. The molecule has 27 heavy (non-hydrogen) atoms. The molecule has 142 valence electrons. The standard InChI is InChI=1S/C19H23N5O2S/c1-19(2,16(25)26-3)14-7-5-9-23(11-14)18-22-24-12-15(21-17(24)27-18)13-6-4-8-20-10-13/h4,6,8,10,12,14H,5,7,9,11H2,1-3H3. The molecule has 0 amide bonds. The Bertz CT molecular complexity index is 918. The number of anilines is 1. The number of rotatable bonds is 4. The molecule has 4 heterocycles. The molecule has 0 aromatic carbocycles. The number of imidazole rings is 1. The topological polar surface area (TPSA) is 72.6 Å². The Morgan fingerprint density at radius 3 is 2.96 bits per heavy atom. The third-order valence-electron chi connectivity index (χ3n) is 5.41. The van der Waals surface area contributed by atoms with E-state index in [1.165, 1.54) is 7.11 Å². The van der Waals surface area contributed by atoms with E-state index >= 15 is 0 Å². The summed E-state index contributed by atoms with van der Waals surface area (Å²) in [5.74, 6) is 0.0882. The summed E-state index contributed by atoms with van der Waals surface area (Å²) in [6.07, 6.45) is 7.55. The lowest BCUT2D eigenvalue weighted by Crippen LogP contribution is -2.45. The third kappa shape index (κ3) is 3.29. The molecule has 0 spiro atoms. The van der Waals surface area contributed by atoms with Crippen molar-refractivity contribution in [3.05, 3.63) is 30.7 Å². The molecule has 3 aromatic rings. The van der Waals surface area contributed by atoms with Gasteiger partial charge < -0.3 is 9.64 Å². The van der Waals surface area contributed by atoms with Crippen LogP contribution in [0.2, 0.25) is 0 Å². The molecule has 4 rings (SSSR count). The first-order chi connectivity index (χ1) is 13.0. The lowest BCUT2D eigenvalue weighted by atomic mass is 9.74. The summed E-state index contributed by atoms with van der Waals surface area (Å²) in [6, 6.07) is 3.89. The van der Waals surface area contributed by atoms with Gasteiger partial charge in [0, 0.05) is 31.0 Å². The van der Waals surface area contributed by atoms with Gasteiger partial charge in [-0.05, 0) is 44.7 Å². The largest absolute Gasteiger partial charge is 0.469 e. The Kier molecular flexibility index (Phi) is 4.59. The van der Waals surface area contributed by atoms with Crippen LogP contribution >= 0.6 is 11.3 Å². The van der Waals surface area contributed by atoms with Gasteiger partial charge in [-0.15, -0.1) is 5.10 Å². The summed E-state index contributed by atoms with van der Waals surface area (Å²) in [4.78, 5) is 24.1. The number of carbonyl (C=O) groups is 1. The second kappa shape index (κ2) is 6.92. The molecule has 0 aliphatic carbocycles. The zero-order valence-electron chi connectivity index (χ0n) is 15.8. The van der Waals surface area contributed by atoms with Gasteiger partial charge in [0.1, 0.15) is 0 Å². The number of hydrogen-bond acceptors (Lipinski definition) is 7. The maximum Gasteiger partial charge on any atom is 0.311 e.